The summed E-state index contributed by atoms with van der Waals surface area (Å²) in [6.45, 7) is 5.03. The van der Waals surface area contributed by atoms with Gasteiger partial charge in [0.1, 0.15) is 0 Å². The van der Waals surface area contributed by atoms with Gasteiger partial charge in [-0.05, 0) is 13.3 Å². The molecule has 0 aromatic rings. The van der Waals surface area contributed by atoms with E-state index in [1.807, 2.05) is 13.8 Å². The van der Waals surface area contributed by atoms with Gasteiger partial charge in [0.05, 0.1) is 5.60 Å². The molecular weight excluding hydrogens is 192 g/mol. The lowest BCUT2D eigenvalue weighted by atomic mass is 10.0. The number of hydrogen-bond donors (Lipinski definition) is 2. The molecule has 0 aromatic carbocycles. The Bertz CT molecular complexity index is 191. The molecule has 0 heterocycles. The van der Waals surface area contributed by atoms with Gasteiger partial charge in [-0.1, -0.05) is 13.3 Å². The van der Waals surface area contributed by atoms with Crippen LogP contribution in [0.25, 0.3) is 0 Å². The maximum absolute atomic E-state index is 11.2. The fraction of sp³-hybridized carbons (Fsp3) is 0.909. The van der Waals surface area contributed by atoms with Crippen molar-refractivity contribution in [1.82, 2.24) is 10.2 Å². The van der Waals surface area contributed by atoms with Crippen LogP contribution < -0.4 is 5.32 Å². The van der Waals surface area contributed by atoms with E-state index in [-0.39, 0.29) is 5.91 Å². The lowest BCUT2D eigenvalue weighted by Crippen LogP contribution is -2.39. The van der Waals surface area contributed by atoms with Crippen LogP contribution in [0.15, 0.2) is 0 Å². The van der Waals surface area contributed by atoms with Gasteiger partial charge in [-0.15, -0.1) is 0 Å². The van der Waals surface area contributed by atoms with Gasteiger partial charge in [0.15, 0.2) is 0 Å². The normalized spacial score (nSPS) is 14.7. The third-order valence-corrected chi connectivity index (χ3v) is 2.31. The van der Waals surface area contributed by atoms with E-state index in [0.29, 0.717) is 19.5 Å². The second-order valence-electron chi connectivity index (χ2n) is 4.46. The fourth-order valence-electron chi connectivity index (χ4n) is 1.40. The van der Waals surface area contributed by atoms with Crippen LogP contribution in [-0.2, 0) is 4.79 Å². The van der Waals surface area contributed by atoms with E-state index in [9.17, 15) is 9.90 Å². The van der Waals surface area contributed by atoms with Gasteiger partial charge in [0.2, 0.25) is 5.91 Å². The summed E-state index contributed by atoms with van der Waals surface area (Å²) in [7, 11) is 3.49. The average Bonchev–Trinajstić information content (AvgIpc) is 2.11. The lowest BCUT2D eigenvalue weighted by Gasteiger charge is -2.23. The number of carbonyl (C=O) groups is 1. The molecule has 1 unspecified atom stereocenters. The van der Waals surface area contributed by atoms with Crippen LogP contribution in [0.2, 0.25) is 0 Å². The molecule has 0 aliphatic carbocycles. The van der Waals surface area contributed by atoms with E-state index in [1.54, 1.807) is 19.0 Å². The van der Waals surface area contributed by atoms with Crippen molar-refractivity contribution in [3.63, 3.8) is 0 Å². The standard InChI is InChI=1S/C11H24N2O2/c1-5-7-11(2,15)9-12-8-6-10(14)13(3)4/h12,15H,5-9H2,1-4H3. The summed E-state index contributed by atoms with van der Waals surface area (Å²) in [6.07, 6.45) is 2.22. The highest BCUT2D eigenvalue weighted by molar-refractivity contribution is 5.75. The number of aliphatic hydroxyl groups is 1. The van der Waals surface area contributed by atoms with E-state index in [0.717, 1.165) is 12.8 Å². The Labute approximate surface area is 92.7 Å². The van der Waals surface area contributed by atoms with Crippen molar-refractivity contribution >= 4 is 5.91 Å². The molecular formula is C11H24N2O2. The Balaban J connectivity index is 3.58. The minimum absolute atomic E-state index is 0.109. The first-order valence-electron chi connectivity index (χ1n) is 5.52. The first-order chi connectivity index (χ1) is 6.89. The molecule has 0 saturated carbocycles. The number of carbonyl (C=O) groups excluding carboxylic acids is 1. The zero-order valence-corrected chi connectivity index (χ0v) is 10.3. The van der Waals surface area contributed by atoms with E-state index >= 15 is 0 Å². The Morgan fingerprint density at radius 1 is 1.47 bits per heavy atom. The molecule has 0 saturated heterocycles. The van der Waals surface area contributed by atoms with Gasteiger partial charge in [-0.25, -0.2) is 0 Å². The Morgan fingerprint density at radius 3 is 2.53 bits per heavy atom. The third-order valence-electron chi connectivity index (χ3n) is 2.31. The summed E-state index contributed by atoms with van der Waals surface area (Å²) in [6, 6.07) is 0. The van der Waals surface area contributed by atoms with Crippen LogP contribution in [0.3, 0.4) is 0 Å². The number of hydrogen-bond acceptors (Lipinski definition) is 3. The Morgan fingerprint density at radius 2 is 2.07 bits per heavy atom. The van der Waals surface area contributed by atoms with Crippen molar-refractivity contribution in [3.8, 4) is 0 Å². The molecule has 4 nitrogen and oxygen atoms in total. The molecule has 0 aliphatic heterocycles. The zero-order chi connectivity index (χ0) is 11.9. The van der Waals surface area contributed by atoms with Crippen LogP contribution in [-0.4, -0.2) is 48.7 Å². The molecule has 1 atom stereocenters. The zero-order valence-electron chi connectivity index (χ0n) is 10.3. The monoisotopic (exact) mass is 216 g/mol. The Kier molecular flexibility index (Phi) is 6.52. The second-order valence-corrected chi connectivity index (χ2v) is 4.46. The van der Waals surface area contributed by atoms with Gasteiger partial charge < -0.3 is 15.3 Å². The first-order valence-corrected chi connectivity index (χ1v) is 5.52. The molecule has 0 fully saturated rings. The van der Waals surface area contributed by atoms with Crippen molar-refractivity contribution in [2.45, 2.75) is 38.7 Å². The van der Waals surface area contributed by atoms with Crippen LogP contribution in [0.1, 0.15) is 33.1 Å². The molecule has 0 aliphatic rings. The van der Waals surface area contributed by atoms with E-state index in [4.69, 9.17) is 0 Å². The molecule has 1 amide bonds. The first kappa shape index (κ1) is 14.4. The Hall–Kier alpha value is -0.610. The third kappa shape index (κ3) is 7.33. The highest BCUT2D eigenvalue weighted by Crippen LogP contribution is 2.09. The molecule has 0 aromatic heterocycles. The summed E-state index contributed by atoms with van der Waals surface area (Å²) in [5, 5.41) is 12.9. The molecule has 0 bridgehead atoms. The predicted molar refractivity (Wildman–Crippen MR) is 61.7 cm³/mol. The van der Waals surface area contributed by atoms with Crippen molar-refractivity contribution in [2.24, 2.45) is 0 Å². The van der Waals surface area contributed by atoms with Crippen molar-refractivity contribution in [1.29, 1.82) is 0 Å². The van der Waals surface area contributed by atoms with Crippen LogP contribution in [0.4, 0.5) is 0 Å². The fourth-order valence-corrected chi connectivity index (χ4v) is 1.40. The predicted octanol–water partition coefficient (Wildman–Crippen LogP) is 0.605. The average molecular weight is 216 g/mol. The summed E-state index contributed by atoms with van der Waals surface area (Å²) >= 11 is 0. The van der Waals surface area contributed by atoms with E-state index in [1.165, 1.54) is 0 Å². The molecule has 90 valence electrons. The van der Waals surface area contributed by atoms with E-state index < -0.39 is 5.60 Å². The largest absolute Gasteiger partial charge is 0.389 e. The highest BCUT2D eigenvalue weighted by Gasteiger charge is 2.18. The van der Waals surface area contributed by atoms with Gasteiger partial charge in [0, 0.05) is 33.6 Å². The van der Waals surface area contributed by atoms with Crippen LogP contribution >= 0.6 is 0 Å². The van der Waals surface area contributed by atoms with Crippen LogP contribution in [0.5, 0.6) is 0 Å². The molecule has 4 heteroatoms. The minimum atomic E-state index is -0.657. The second kappa shape index (κ2) is 6.80. The number of rotatable bonds is 7. The highest BCUT2D eigenvalue weighted by atomic mass is 16.3. The van der Waals surface area contributed by atoms with Crippen molar-refractivity contribution in [3.05, 3.63) is 0 Å². The summed E-state index contributed by atoms with van der Waals surface area (Å²) in [5.74, 6) is 0.109. The molecule has 15 heavy (non-hydrogen) atoms. The SMILES string of the molecule is CCCC(C)(O)CNCCC(=O)N(C)C. The smallest absolute Gasteiger partial charge is 0.223 e. The summed E-state index contributed by atoms with van der Waals surface area (Å²) in [4.78, 5) is 12.8. The van der Waals surface area contributed by atoms with Crippen molar-refractivity contribution < 1.29 is 9.90 Å². The maximum Gasteiger partial charge on any atom is 0.223 e. The van der Waals surface area contributed by atoms with Gasteiger partial charge in [0.25, 0.3) is 0 Å². The van der Waals surface area contributed by atoms with Gasteiger partial charge >= 0.3 is 0 Å². The number of amides is 1. The van der Waals surface area contributed by atoms with Crippen molar-refractivity contribution in [2.75, 3.05) is 27.2 Å². The molecule has 0 spiro atoms. The van der Waals surface area contributed by atoms with Crippen LogP contribution in [0, 0.1) is 0 Å². The van der Waals surface area contributed by atoms with E-state index in [2.05, 4.69) is 5.32 Å². The molecule has 2 N–H and O–H groups in total. The summed E-state index contributed by atoms with van der Waals surface area (Å²) in [5.41, 5.74) is -0.657. The maximum atomic E-state index is 11.2. The molecule has 0 radical (unpaired) electrons. The summed E-state index contributed by atoms with van der Waals surface area (Å²) < 4.78 is 0. The quantitative estimate of drug-likeness (QED) is 0.613. The van der Waals surface area contributed by atoms with Gasteiger partial charge in [-0.2, -0.15) is 0 Å². The number of nitrogens with zero attached hydrogens (tertiary/aromatic N) is 1. The van der Waals surface area contributed by atoms with Gasteiger partial charge in [-0.3, -0.25) is 4.79 Å². The minimum Gasteiger partial charge on any atom is -0.389 e. The lowest BCUT2D eigenvalue weighted by molar-refractivity contribution is -0.128. The topological polar surface area (TPSA) is 52.6 Å². The number of nitrogens with one attached hydrogen (secondary N) is 1. The molecule has 0 rings (SSSR count).